The molecule has 1 heterocycles. The zero-order valence-electron chi connectivity index (χ0n) is 18.0. The van der Waals surface area contributed by atoms with E-state index in [1.807, 2.05) is 33.8 Å². The Kier molecular flexibility index (Phi) is 6.39. The van der Waals surface area contributed by atoms with E-state index in [1.165, 1.54) is 12.4 Å². The molecular weight excluding hydrogens is 418 g/mol. The summed E-state index contributed by atoms with van der Waals surface area (Å²) in [4.78, 5) is 20.9. The summed E-state index contributed by atoms with van der Waals surface area (Å²) >= 11 is 6.13. The topological polar surface area (TPSA) is 123 Å². The van der Waals surface area contributed by atoms with E-state index in [9.17, 15) is 4.79 Å². The highest BCUT2D eigenvalue weighted by Crippen LogP contribution is 2.55. The van der Waals surface area contributed by atoms with Crippen molar-refractivity contribution in [2.24, 2.45) is 16.6 Å². The number of amides is 1. The van der Waals surface area contributed by atoms with Gasteiger partial charge in [-0.3, -0.25) is 4.79 Å². The van der Waals surface area contributed by atoms with E-state index < -0.39 is 0 Å². The molecule has 9 heteroatoms. The summed E-state index contributed by atoms with van der Waals surface area (Å²) in [7, 11) is 0. The Morgan fingerprint density at radius 1 is 1.26 bits per heavy atom. The average Bonchev–Trinajstić information content (AvgIpc) is 2.74. The van der Waals surface area contributed by atoms with Crippen LogP contribution < -0.4 is 20.5 Å². The number of ether oxygens (including phenoxy) is 2. The number of carbonyl (C=O) groups is 1. The van der Waals surface area contributed by atoms with Gasteiger partial charge in [0.15, 0.2) is 0 Å². The van der Waals surface area contributed by atoms with Crippen molar-refractivity contribution in [3.63, 3.8) is 0 Å². The minimum Gasteiger partial charge on any atom is -0.489 e. The molecule has 3 N–H and O–H groups in total. The molecule has 0 bridgehead atoms. The number of nitrogens with two attached hydrogens (primary N) is 1. The summed E-state index contributed by atoms with van der Waals surface area (Å²) in [6.07, 6.45) is 2.68. The Labute approximate surface area is 186 Å². The van der Waals surface area contributed by atoms with Gasteiger partial charge in [-0.05, 0) is 12.1 Å². The molecule has 0 unspecified atom stereocenters. The van der Waals surface area contributed by atoms with Crippen molar-refractivity contribution in [3.8, 4) is 17.8 Å². The first-order chi connectivity index (χ1) is 14.6. The van der Waals surface area contributed by atoms with E-state index >= 15 is 0 Å². The molecule has 0 atom stereocenters. The fraction of sp³-hybridized carbons (Fsp3) is 0.455. The maximum absolute atomic E-state index is 12.8. The highest BCUT2D eigenvalue weighted by molar-refractivity contribution is 6.31. The van der Waals surface area contributed by atoms with Crippen molar-refractivity contribution >= 4 is 17.5 Å². The Bertz CT molecular complexity index is 985. The number of benzene rings is 1. The van der Waals surface area contributed by atoms with Crippen LogP contribution in [0, 0.1) is 22.2 Å². The first-order valence-electron chi connectivity index (χ1n) is 9.93. The van der Waals surface area contributed by atoms with Gasteiger partial charge in [-0.25, -0.2) is 9.97 Å². The smallest absolute Gasteiger partial charge is 0.316 e. The van der Waals surface area contributed by atoms with Gasteiger partial charge in [-0.1, -0.05) is 39.3 Å². The first-order valence-corrected chi connectivity index (χ1v) is 10.3. The van der Waals surface area contributed by atoms with Crippen molar-refractivity contribution in [2.45, 2.75) is 39.8 Å². The minimum absolute atomic E-state index is 0.153. The van der Waals surface area contributed by atoms with Gasteiger partial charge in [0.1, 0.15) is 24.5 Å². The van der Waals surface area contributed by atoms with E-state index in [0.717, 1.165) is 0 Å². The third-order valence-electron chi connectivity index (χ3n) is 5.67. The predicted molar refractivity (Wildman–Crippen MR) is 116 cm³/mol. The Morgan fingerprint density at radius 2 is 1.90 bits per heavy atom. The molecule has 1 aromatic carbocycles. The molecule has 1 aliphatic carbocycles. The molecule has 0 spiro atoms. The van der Waals surface area contributed by atoms with Crippen LogP contribution in [0.1, 0.15) is 43.6 Å². The van der Waals surface area contributed by atoms with Crippen LogP contribution in [0.4, 0.5) is 0 Å². The Hall–Kier alpha value is -2.89. The van der Waals surface area contributed by atoms with Gasteiger partial charge < -0.3 is 20.5 Å². The molecule has 1 aromatic heterocycles. The predicted octanol–water partition coefficient (Wildman–Crippen LogP) is 2.95. The van der Waals surface area contributed by atoms with Crippen molar-refractivity contribution in [1.82, 2.24) is 15.3 Å². The molecule has 1 aliphatic rings. The number of nitriles is 1. The minimum atomic E-state index is -0.357. The first kappa shape index (κ1) is 22.8. The molecule has 0 aliphatic heterocycles. The SMILES string of the molecule is CC1(C)C(NC(=O)c2cnc(OCCN)nc2)C(C)(C)C1Oc1ccc(C#N)c(Cl)c1. The summed E-state index contributed by atoms with van der Waals surface area (Å²) in [5.41, 5.74) is 5.41. The monoisotopic (exact) mass is 443 g/mol. The molecule has 8 nitrogen and oxygen atoms in total. The fourth-order valence-electron chi connectivity index (χ4n) is 4.47. The van der Waals surface area contributed by atoms with Gasteiger partial charge in [-0.2, -0.15) is 5.26 Å². The normalized spacial score (nSPS) is 20.8. The summed E-state index contributed by atoms with van der Waals surface area (Å²) in [5.74, 6) is 0.317. The van der Waals surface area contributed by atoms with Gasteiger partial charge in [0.05, 0.1) is 16.1 Å². The van der Waals surface area contributed by atoms with Gasteiger partial charge in [0, 0.05) is 41.9 Å². The maximum Gasteiger partial charge on any atom is 0.316 e. The van der Waals surface area contributed by atoms with E-state index in [-0.39, 0.29) is 34.9 Å². The number of hydrogen-bond donors (Lipinski definition) is 2. The second kappa shape index (κ2) is 8.69. The van der Waals surface area contributed by atoms with Crippen molar-refractivity contribution in [1.29, 1.82) is 5.26 Å². The highest BCUT2D eigenvalue weighted by Gasteiger charge is 2.64. The van der Waals surface area contributed by atoms with Crippen LogP contribution in [0.15, 0.2) is 30.6 Å². The van der Waals surface area contributed by atoms with Crippen LogP contribution in [0.25, 0.3) is 0 Å². The lowest BCUT2D eigenvalue weighted by atomic mass is 9.49. The van der Waals surface area contributed by atoms with Crippen LogP contribution >= 0.6 is 11.6 Å². The van der Waals surface area contributed by atoms with E-state index in [1.54, 1.807) is 18.2 Å². The van der Waals surface area contributed by atoms with Gasteiger partial charge in [0.25, 0.3) is 5.91 Å². The van der Waals surface area contributed by atoms with Crippen molar-refractivity contribution < 1.29 is 14.3 Å². The lowest BCUT2D eigenvalue weighted by Crippen LogP contribution is -2.74. The van der Waals surface area contributed by atoms with Gasteiger partial charge >= 0.3 is 6.01 Å². The molecule has 1 fully saturated rings. The number of halogens is 1. The number of nitrogens with one attached hydrogen (secondary N) is 1. The van der Waals surface area contributed by atoms with Gasteiger partial charge in [-0.15, -0.1) is 0 Å². The van der Waals surface area contributed by atoms with Crippen molar-refractivity contribution in [2.75, 3.05) is 13.2 Å². The quantitative estimate of drug-likeness (QED) is 0.674. The largest absolute Gasteiger partial charge is 0.489 e. The third kappa shape index (κ3) is 4.43. The number of rotatable bonds is 7. The fourth-order valence-corrected chi connectivity index (χ4v) is 4.68. The number of aromatic nitrogens is 2. The zero-order chi connectivity index (χ0) is 22.8. The second-order valence-electron chi connectivity index (χ2n) is 8.69. The Morgan fingerprint density at radius 3 is 2.45 bits per heavy atom. The summed E-state index contributed by atoms with van der Waals surface area (Å²) in [6.45, 7) is 8.83. The molecule has 3 rings (SSSR count). The summed E-state index contributed by atoms with van der Waals surface area (Å²) in [6, 6.07) is 7.07. The van der Waals surface area contributed by atoms with Crippen LogP contribution in [0.2, 0.25) is 5.02 Å². The summed E-state index contributed by atoms with van der Waals surface area (Å²) in [5, 5.41) is 12.5. The van der Waals surface area contributed by atoms with Gasteiger partial charge in [0.2, 0.25) is 0 Å². The van der Waals surface area contributed by atoms with Crippen LogP contribution in [0.3, 0.4) is 0 Å². The molecule has 0 radical (unpaired) electrons. The Balaban J connectivity index is 1.70. The van der Waals surface area contributed by atoms with Crippen molar-refractivity contribution in [3.05, 3.63) is 46.7 Å². The molecule has 1 amide bonds. The average molecular weight is 444 g/mol. The number of nitrogens with zero attached hydrogens (tertiary/aromatic N) is 3. The summed E-state index contributed by atoms with van der Waals surface area (Å²) < 4.78 is 11.5. The lowest BCUT2D eigenvalue weighted by molar-refractivity contribution is -0.164. The third-order valence-corrected chi connectivity index (χ3v) is 5.98. The molecule has 2 aromatic rings. The lowest BCUT2D eigenvalue weighted by Gasteiger charge is -2.63. The second-order valence-corrected chi connectivity index (χ2v) is 9.10. The van der Waals surface area contributed by atoms with E-state index in [2.05, 4.69) is 15.3 Å². The van der Waals surface area contributed by atoms with E-state index in [4.69, 9.17) is 32.1 Å². The standard InChI is InChI=1S/C22H26ClN5O3/c1-21(2)18(28-17(29)14-11-26-20(27-12-14)30-8-7-24)22(3,4)19(21)31-15-6-5-13(10-25)16(23)9-15/h5-6,9,11-12,18-19H,7-8,24H2,1-4H3,(H,28,29). The number of hydrogen-bond acceptors (Lipinski definition) is 7. The highest BCUT2D eigenvalue weighted by atomic mass is 35.5. The number of carbonyl (C=O) groups excluding carboxylic acids is 1. The zero-order valence-corrected chi connectivity index (χ0v) is 18.7. The molecular formula is C22H26ClN5O3. The van der Waals surface area contributed by atoms with E-state index in [0.29, 0.717) is 35.1 Å². The molecule has 1 saturated carbocycles. The van der Waals surface area contributed by atoms with Crippen LogP contribution in [-0.2, 0) is 0 Å². The van der Waals surface area contributed by atoms with Crippen LogP contribution in [0.5, 0.6) is 11.8 Å². The molecule has 164 valence electrons. The van der Waals surface area contributed by atoms with Crippen LogP contribution in [-0.4, -0.2) is 41.2 Å². The maximum atomic E-state index is 12.8. The molecule has 31 heavy (non-hydrogen) atoms. The molecule has 0 saturated heterocycles.